The number of rotatable bonds is 5. The smallest absolute Gasteiger partial charge is 0.237 e. The molecule has 27 heavy (non-hydrogen) atoms. The van der Waals surface area contributed by atoms with Crippen LogP contribution in [0.25, 0.3) is 0 Å². The molecule has 1 atom stereocenters. The van der Waals surface area contributed by atoms with Crippen molar-refractivity contribution in [2.45, 2.75) is 37.8 Å². The summed E-state index contributed by atoms with van der Waals surface area (Å²) in [6.45, 7) is 3.16. The molecule has 1 aromatic rings. The van der Waals surface area contributed by atoms with Gasteiger partial charge in [-0.25, -0.2) is 13.1 Å². The zero-order chi connectivity index (χ0) is 19.5. The highest BCUT2D eigenvalue weighted by atomic mass is 32.2. The van der Waals surface area contributed by atoms with E-state index in [1.807, 2.05) is 0 Å². The summed E-state index contributed by atoms with van der Waals surface area (Å²) in [4.78, 5) is 16.2. The van der Waals surface area contributed by atoms with E-state index in [0.717, 1.165) is 25.8 Å². The van der Waals surface area contributed by atoms with E-state index in [-0.39, 0.29) is 12.5 Å². The molecular formula is C19H29N3O4S. The van der Waals surface area contributed by atoms with Crippen molar-refractivity contribution >= 4 is 15.9 Å². The van der Waals surface area contributed by atoms with Crippen LogP contribution in [0.2, 0.25) is 0 Å². The lowest BCUT2D eigenvalue weighted by molar-refractivity contribution is -0.130. The van der Waals surface area contributed by atoms with Gasteiger partial charge in [-0.05, 0) is 36.8 Å². The van der Waals surface area contributed by atoms with Crippen molar-refractivity contribution in [1.29, 1.82) is 0 Å². The van der Waals surface area contributed by atoms with Crippen LogP contribution < -0.4 is 4.72 Å². The minimum Gasteiger partial charge on any atom is -0.388 e. The van der Waals surface area contributed by atoms with Crippen LogP contribution in [0.4, 0.5) is 0 Å². The normalized spacial score (nSPS) is 24.3. The van der Waals surface area contributed by atoms with Crippen LogP contribution >= 0.6 is 0 Å². The number of β-amino-alcohol motifs (C(OH)–C–C–N with tert-alkyl or cyclic N) is 1. The number of benzene rings is 1. The summed E-state index contributed by atoms with van der Waals surface area (Å²) in [6, 6.07) is 8.43. The maximum absolute atomic E-state index is 12.2. The molecule has 0 saturated carbocycles. The van der Waals surface area contributed by atoms with E-state index in [4.69, 9.17) is 0 Å². The predicted molar refractivity (Wildman–Crippen MR) is 104 cm³/mol. The van der Waals surface area contributed by atoms with Crippen molar-refractivity contribution in [3.63, 3.8) is 0 Å². The van der Waals surface area contributed by atoms with E-state index < -0.39 is 15.6 Å². The third-order valence-electron chi connectivity index (χ3n) is 5.48. The number of sulfonamides is 1. The summed E-state index contributed by atoms with van der Waals surface area (Å²) in [7, 11) is -3.39. The Kier molecular flexibility index (Phi) is 6.20. The lowest BCUT2D eigenvalue weighted by Gasteiger charge is -2.36. The quantitative estimate of drug-likeness (QED) is 0.750. The van der Waals surface area contributed by atoms with Gasteiger partial charge >= 0.3 is 0 Å². The van der Waals surface area contributed by atoms with Gasteiger partial charge in [0.05, 0.1) is 18.4 Å². The van der Waals surface area contributed by atoms with Gasteiger partial charge in [0.1, 0.15) is 0 Å². The number of hydrogen-bond donors (Lipinski definition) is 2. The standard InChI is InChI=1S/C19H29N3O4S/c1-27(25,26)20-13-18(23)22-10-4-8-19(24,9-12-22)15-21-11-7-16-5-2-3-6-17(16)14-21/h2-3,5-6,20,24H,4,7-15H2,1H3/t19-/m0/s1. The maximum Gasteiger partial charge on any atom is 0.237 e. The van der Waals surface area contributed by atoms with Gasteiger partial charge in [-0.3, -0.25) is 9.69 Å². The molecule has 0 spiro atoms. The Hall–Kier alpha value is -1.48. The van der Waals surface area contributed by atoms with Gasteiger partial charge in [0.15, 0.2) is 0 Å². The zero-order valence-corrected chi connectivity index (χ0v) is 16.7. The molecular weight excluding hydrogens is 366 g/mol. The minimum atomic E-state index is -3.39. The summed E-state index contributed by atoms with van der Waals surface area (Å²) in [6.07, 6.45) is 3.90. The van der Waals surface area contributed by atoms with Crippen LogP contribution in [0.15, 0.2) is 24.3 Å². The van der Waals surface area contributed by atoms with Crippen LogP contribution in [0.1, 0.15) is 30.4 Å². The number of likely N-dealkylation sites (tertiary alicyclic amines) is 1. The Bertz CT molecular complexity index is 783. The lowest BCUT2D eigenvalue weighted by Crippen LogP contribution is -2.46. The van der Waals surface area contributed by atoms with Crippen LogP contribution in [0.3, 0.4) is 0 Å². The molecule has 2 N–H and O–H groups in total. The molecule has 0 aliphatic carbocycles. The van der Waals surface area contributed by atoms with Crippen molar-refractivity contribution < 1.29 is 18.3 Å². The van der Waals surface area contributed by atoms with Gasteiger partial charge in [-0.2, -0.15) is 0 Å². The second-order valence-electron chi connectivity index (χ2n) is 7.78. The van der Waals surface area contributed by atoms with Crippen molar-refractivity contribution in [2.24, 2.45) is 0 Å². The molecule has 3 rings (SSSR count). The van der Waals surface area contributed by atoms with E-state index in [2.05, 4.69) is 33.9 Å². The predicted octanol–water partition coefficient (Wildman–Crippen LogP) is 0.338. The number of amides is 1. The molecule has 0 bridgehead atoms. The Morgan fingerprint density at radius 3 is 2.67 bits per heavy atom. The average molecular weight is 396 g/mol. The monoisotopic (exact) mass is 395 g/mol. The summed E-state index contributed by atoms with van der Waals surface area (Å²) < 4.78 is 24.6. The fourth-order valence-electron chi connectivity index (χ4n) is 4.00. The first kappa shape index (κ1) is 20.3. The van der Waals surface area contributed by atoms with E-state index in [1.165, 1.54) is 11.1 Å². The highest BCUT2D eigenvalue weighted by Gasteiger charge is 2.34. The second kappa shape index (κ2) is 8.26. The molecule has 1 amide bonds. The van der Waals surface area contributed by atoms with Gasteiger partial charge in [0, 0.05) is 32.7 Å². The summed E-state index contributed by atoms with van der Waals surface area (Å²) in [5.74, 6) is -0.239. The zero-order valence-electron chi connectivity index (χ0n) is 15.9. The molecule has 7 nitrogen and oxygen atoms in total. The summed E-state index contributed by atoms with van der Waals surface area (Å²) in [5, 5.41) is 11.1. The van der Waals surface area contributed by atoms with Gasteiger partial charge in [0.2, 0.25) is 15.9 Å². The number of nitrogens with one attached hydrogen (secondary N) is 1. The molecule has 0 radical (unpaired) electrons. The van der Waals surface area contributed by atoms with Gasteiger partial charge < -0.3 is 10.0 Å². The van der Waals surface area contributed by atoms with E-state index >= 15 is 0 Å². The molecule has 2 aliphatic rings. The Labute approximate surface area is 161 Å². The van der Waals surface area contributed by atoms with Crippen molar-refractivity contribution in [1.82, 2.24) is 14.5 Å². The van der Waals surface area contributed by atoms with Crippen LogP contribution in [-0.2, 0) is 27.8 Å². The van der Waals surface area contributed by atoms with Gasteiger partial charge in [-0.15, -0.1) is 0 Å². The Morgan fingerprint density at radius 1 is 1.19 bits per heavy atom. The molecule has 2 heterocycles. The van der Waals surface area contributed by atoms with Crippen LogP contribution in [-0.4, -0.2) is 73.8 Å². The Morgan fingerprint density at radius 2 is 1.93 bits per heavy atom. The molecule has 1 saturated heterocycles. The Balaban J connectivity index is 1.54. The maximum atomic E-state index is 12.2. The number of hydrogen-bond acceptors (Lipinski definition) is 5. The molecule has 0 unspecified atom stereocenters. The van der Waals surface area contributed by atoms with Crippen LogP contribution in [0.5, 0.6) is 0 Å². The molecule has 150 valence electrons. The first-order valence-electron chi connectivity index (χ1n) is 9.48. The van der Waals surface area contributed by atoms with Gasteiger partial charge in [0.25, 0.3) is 0 Å². The average Bonchev–Trinajstić information content (AvgIpc) is 2.81. The number of carbonyl (C=O) groups is 1. The third-order valence-corrected chi connectivity index (χ3v) is 6.15. The topological polar surface area (TPSA) is 90.0 Å². The highest BCUT2D eigenvalue weighted by Crippen LogP contribution is 2.26. The fraction of sp³-hybridized carbons (Fsp3) is 0.632. The van der Waals surface area contributed by atoms with Crippen molar-refractivity contribution in [3.8, 4) is 0 Å². The highest BCUT2D eigenvalue weighted by molar-refractivity contribution is 7.88. The molecule has 1 fully saturated rings. The third kappa shape index (κ3) is 5.75. The van der Waals surface area contributed by atoms with Gasteiger partial charge in [-0.1, -0.05) is 24.3 Å². The van der Waals surface area contributed by atoms with Crippen molar-refractivity contribution in [3.05, 3.63) is 35.4 Å². The largest absolute Gasteiger partial charge is 0.388 e. The first-order valence-corrected chi connectivity index (χ1v) is 11.4. The number of fused-ring (bicyclic) bond motifs is 1. The van der Waals surface area contributed by atoms with E-state index in [0.29, 0.717) is 38.9 Å². The fourth-order valence-corrected chi connectivity index (χ4v) is 4.38. The molecule has 0 aromatic heterocycles. The minimum absolute atomic E-state index is 0.222. The van der Waals surface area contributed by atoms with Crippen LogP contribution in [0, 0.1) is 0 Å². The number of carbonyl (C=O) groups excluding carboxylic acids is 1. The SMILES string of the molecule is CS(=O)(=O)NCC(=O)N1CCC[C@@](O)(CN2CCc3ccccc3C2)CC1. The lowest BCUT2D eigenvalue weighted by atomic mass is 9.92. The summed E-state index contributed by atoms with van der Waals surface area (Å²) in [5.41, 5.74) is 1.90. The van der Waals surface area contributed by atoms with E-state index in [1.54, 1.807) is 4.90 Å². The second-order valence-corrected chi connectivity index (χ2v) is 9.61. The molecule has 2 aliphatic heterocycles. The first-order chi connectivity index (χ1) is 12.7. The van der Waals surface area contributed by atoms with Crippen molar-refractivity contribution in [2.75, 3.05) is 39.0 Å². The number of nitrogens with zero attached hydrogens (tertiary/aromatic N) is 2. The summed E-state index contributed by atoms with van der Waals surface area (Å²) >= 11 is 0. The molecule has 8 heteroatoms. The number of aliphatic hydroxyl groups is 1. The molecule has 1 aromatic carbocycles. The van der Waals surface area contributed by atoms with E-state index in [9.17, 15) is 18.3 Å².